The van der Waals surface area contributed by atoms with Crippen molar-refractivity contribution in [3.63, 3.8) is 0 Å². The Balaban J connectivity index is 1.98. The zero-order valence-corrected chi connectivity index (χ0v) is 17.0. The van der Waals surface area contributed by atoms with E-state index in [1.54, 1.807) is 0 Å². The van der Waals surface area contributed by atoms with Crippen LogP contribution in [0.5, 0.6) is 0 Å². The monoisotopic (exact) mass is 353 g/mol. The first-order valence-corrected chi connectivity index (χ1v) is 12.0. The lowest BCUT2D eigenvalue weighted by molar-refractivity contribution is 0.687. The maximum Gasteiger partial charge on any atom is 0.0886 e. The molecule has 2 aromatic heterocycles. The van der Waals surface area contributed by atoms with E-state index < -0.39 is 8.80 Å². The second-order valence-corrected chi connectivity index (χ2v) is 9.66. The van der Waals surface area contributed by atoms with Crippen molar-refractivity contribution in [3.8, 4) is 11.4 Å². The molecule has 25 heavy (non-hydrogen) atoms. The second kappa shape index (κ2) is 12.0. The Morgan fingerprint density at radius 3 is 1.92 bits per heavy atom. The Kier molecular flexibility index (Phi) is 9.49. The molecule has 0 spiro atoms. The number of pyridine rings is 2. The summed E-state index contributed by atoms with van der Waals surface area (Å²) in [6.45, 7) is 4.58. The SMILES string of the molecule is CCCCCC[Si](CCCCCC)c1ccc(-c2ccccn2)nc1. The highest BCUT2D eigenvalue weighted by Crippen LogP contribution is 2.16. The van der Waals surface area contributed by atoms with Crippen LogP contribution in [-0.2, 0) is 0 Å². The third-order valence-corrected chi connectivity index (χ3v) is 7.79. The van der Waals surface area contributed by atoms with Crippen LogP contribution in [0.3, 0.4) is 0 Å². The third kappa shape index (κ3) is 7.11. The van der Waals surface area contributed by atoms with Gasteiger partial charge in [0.25, 0.3) is 0 Å². The summed E-state index contributed by atoms with van der Waals surface area (Å²) < 4.78 is 0. The quantitative estimate of drug-likeness (QED) is 0.345. The second-order valence-electron chi connectivity index (χ2n) is 6.87. The molecule has 0 aliphatic heterocycles. The number of hydrogen-bond acceptors (Lipinski definition) is 2. The van der Waals surface area contributed by atoms with Crippen molar-refractivity contribution in [2.24, 2.45) is 0 Å². The van der Waals surface area contributed by atoms with E-state index in [1.165, 1.54) is 68.6 Å². The average Bonchev–Trinajstić information content (AvgIpc) is 2.68. The topological polar surface area (TPSA) is 25.8 Å². The molecule has 135 valence electrons. The molecule has 0 saturated heterocycles. The number of hydrogen-bond donors (Lipinski definition) is 0. The van der Waals surface area contributed by atoms with Gasteiger partial charge in [-0.25, -0.2) is 0 Å². The molecule has 3 heteroatoms. The molecular weight excluding hydrogens is 320 g/mol. The van der Waals surface area contributed by atoms with Gasteiger partial charge in [-0.2, -0.15) is 0 Å². The minimum atomic E-state index is -0.464. The Morgan fingerprint density at radius 2 is 1.40 bits per heavy atom. The van der Waals surface area contributed by atoms with Crippen molar-refractivity contribution >= 4 is 14.0 Å². The highest BCUT2D eigenvalue weighted by atomic mass is 28.3. The predicted molar refractivity (Wildman–Crippen MR) is 111 cm³/mol. The summed E-state index contributed by atoms with van der Waals surface area (Å²) in [5, 5.41) is 1.51. The van der Waals surface area contributed by atoms with Gasteiger partial charge in [-0.3, -0.25) is 9.97 Å². The zero-order chi connectivity index (χ0) is 17.7. The molecule has 0 fully saturated rings. The third-order valence-electron chi connectivity index (χ3n) is 4.76. The van der Waals surface area contributed by atoms with Crippen molar-refractivity contribution in [3.05, 3.63) is 42.7 Å². The largest absolute Gasteiger partial charge is 0.255 e. The zero-order valence-electron chi connectivity index (χ0n) is 16.0. The first-order valence-electron chi connectivity index (χ1n) is 10.1. The number of unbranched alkanes of at least 4 members (excludes halogenated alkanes) is 6. The fourth-order valence-electron chi connectivity index (χ4n) is 3.21. The first-order chi connectivity index (χ1) is 12.3. The molecular formula is C22H33N2Si. The van der Waals surface area contributed by atoms with Crippen molar-refractivity contribution in [1.82, 2.24) is 9.97 Å². The van der Waals surface area contributed by atoms with Crippen LogP contribution in [0.15, 0.2) is 42.7 Å². The van der Waals surface area contributed by atoms with E-state index in [0.29, 0.717) is 0 Å². The Labute approximate surface area is 155 Å². The lowest BCUT2D eigenvalue weighted by atomic mass is 10.2. The maximum atomic E-state index is 4.72. The van der Waals surface area contributed by atoms with Gasteiger partial charge in [0.05, 0.1) is 20.2 Å². The Bertz CT molecular complexity index is 556. The smallest absolute Gasteiger partial charge is 0.0886 e. The Morgan fingerprint density at radius 1 is 0.720 bits per heavy atom. The van der Waals surface area contributed by atoms with Crippen LogP contribution >= 0.6 is 0 Å². The molecule has 1 radical (unpaired) electrons. The Hall–Kier alpha value is -1.48. The molecule has 0 aliphatic rings. The summed E-state index contributed by atoms with van der Waals surface area (Å²) in [6, 6.07) is 13.3. The first kappa shape index (κ1) is 19.8. The van der Waals surface area contributed by atoms with Gasteiger partial charge < -0.3 is 0 Å². The van der Waals surface area contributed by atoms with E-state index in [0.717, 1.165) is 11.4 Å². The normalized spacial score (nSPS) is 11.2. The van der Waals surface area contributed by atoms with Gasteiger partial charge in [0.2, 0.25) is 0 Å². The minimum Gasteiger partial charge on any atom is -0.255 e. The lowest BCUT2D eigenvalue weighted by Crippen LogP contribution is -2.30. The highest BCUT2D eigenvalue weighted by molar-refractivity contribution is 6.73. The van der Waals surface area contributed by atoms with Crippen molar-refractivity contribution in [2.75, 3.05) is 0 Å². The van der Waals surface area contributed by atoms with Gasteiger partial charge in [0.15, 0.2) is 0 Å². The summed E-state index contributed by atoms with van der Waals surface area (Å²) in [7, 11) is -0.464. The molecule has 0 saturated carbocycles. The van der Waals surface area contributed by atoms with E-state index in [1.807, 2.05) is 24.4 Å². The fraction of sp³-hybridized carbons (Fsp3) is 0.545. The number of aromatic nitrogens is 2. The minimum absolute atomic E-state index is 0.464. The molecule has 0 amide bonds. The summed E-state index contributed by atoms with van der Waals surface area (Å²) >= 11 is 0. The molecule has 2 nitrogen and oxygen atoms in total. The van der Waals surface area contributed by atoms with Gasteiger partial charge >= 0.3 is 0 Å². The van der Waals surface area contributed by atoms with Crippen LogP contribution < -0.4 is 5.19 Å². The van der Waals surface area contributed by atoms with Gasteiger partial charge in [-0.1, -0.05) is 89.4 Å². The lowest BCUT2D eigenvalue weighted by Gasteiger charge is -2.15. The van der Waals surface area contributed by atoms with E-state index in [2.05, 4.69) is 37.2 Å². The summed E-state index contributed by atoms with van der Waals surface area (Å²) in [4.78, 5) is 9.13. The summed E-state index contributed by atoms with van der Waals surface area (Å²) in [6.07, 6.45) is 14.9. The molecule has 0 aromatic carbocycles. The van der Waals surface area contributed by atoms with Crippen molar-refractivity contribution in [1.29, 1.82) is 0 Å². The molecule has 0 N–H and O–H groups in total. The van der Waals surface area contributed by atoms with Crippen molar-refractivity contribution in [2.45, 2.75) is 77.3 Å². The predicted octanol–water partition coefficient (Wildman–Crippen LogP) is 6.01. The van der Waals surface area contributed by atoms with Crippen LogP contribution in [0.4, 0.5) is 0 Å². The van der Waals surface area contributed by atoms with Gasteiger partial charge in [-0.05, 0) is 23.4 Å². The van der Waals surface area contributed by atoms with E-state index >= 15 is 0 Å². The van der Waals surface area contributed by atoms with E-state index in [9.17, 15) is 0 Å². The fourth-order valence-corrected chi connectivity index (χ4v) is 5.96. The van der Waals surface area contributed by atoms with Crippen LogP contribution in [-0.4, -0.2) is 18.8 Å². The standard InChI is InChI=1S/C22H33N2Si/c1-3-5-7-11-17-25(18-12-8-6-4-2)20-14-15-22(24-19-20)21-13-9-10-16-23-21/h9-10,13-16,19H,3-8,11-12,17-18H2,1-2H3. The van der Waals surface area contributed by atoms with Crippen LogP contribution in [0.2, 0.25) is 12.1 Å². The maximum absolute atomic E-state index is 4.72. The van der Waals surface area contributed by atoms with E-state index in [-0.39, 0.29) is 0 Å². The molecule has 0 bridgehead atoms. The van der Waals surface area contributed by atoms with Gasteiger partial charge in [0.1, 0.15) is 0 Å². The molecule has 2 heterocycles. The van der Waals surface area contributed by atoms with Crippen LogP contribution in [0.25, 0.3) is 11.4 Å². The molecule has 2 aromatic rings. The summed E-state index contributed by atoms with van der Waals surface area (Å²) in [5.74, 6) is 0. The van der Waals surface area contributed by atoms with Gasteiger partial charge in [-0.15, -0.1) is 0 Å². The van der Waals surface area contributed by atoms with Crippen LogP contribution in [0, 0.1) is 0 Å². The van der Waals surface area contributed by atoms with E-state index in [4.69, 9.17) is 4.98 Å². The molecule has 0 atom stereocenters. The number of nitrogens with zero attached hydrogens (tertiary/aromatic N) is 2. The van der Waals surface area contributed by atoms with Crippen LogP contribution in [0.1, 0.15) is 65.2 Å². The highest BCUT2D eigenvalue weighted by Gasteiger charge is 2.14. The number of rotatable bonds is 12. The average molecular weight is 354 g/mol. The van der Waals surface area contributed by atoms with Crippen molar-refractivity contribution < 1.29 is 0 Å². The molecule has 0 unspecified atom stereocenters. The molecule has 0 aliphatic carbocycles. The van der Waals surface area contributed by atoms with Gasteiger partial charge in [0, 0.05) is 12.4 Å². The summed E-state index contributed by atoms with van der Waals surface area (Å²) in [5.41, 5.74) is 1.95. The molecule has 2 rings (SSSR count).